The first kappa shape index (κ1) is 15.5. The number of hydrogen-bond acceptors (Lipinski definition) is 0. The van der Waals surface area contributed by atoms with Gasteiger partial charge in [-0.1, -0.05) is 34.8 Å². The third-order valence-corrected chi connectivity index (χ3v) is 2.01. The van der Waals surface area contributed by atoms with Crippen LogP contribution in [0.3, 0.4) is 0 Å². The predicted molar refractivity (Wildman–Crippen MR) is 51.3 cm³/mol. The maximum atomic E-state index is 5.73. The van der Waals surface area contributed by atoms with Crippen molar-refractivity contribution >= 4 is 46.3 Å². The average molecular weight is 278 g/mol. The van der Waals surface area contributed by atoms with Crippen molar-refractivity contribution in [3.8, 4) is 0 Å². The Labute approximate surface area is 110 Å². The zero-order chi connectivity index (χ0) is 7.56. The summed E-state index contributed by atoms with van der Waals surface area (Å²) < 4.78 is 0. The molecule has 0 aliphatic carbocycles. The zero-order valence-electron chi connectivity index (χ0n) is 6.49. The Morgan fingerprint density at radius 3 is 2.17 bits per heavy atom. The summed E-state index contributed by atoms with van der Waals surface area (Å²) in [5, 5.41) is 1.20. The van der Waals surface area contributed by atoms with E-state index in [1.807, 2.05) is 12.1 Å². The molecule has 0 unspecified atom stereocenters. The monoisotopic (exact) mass is 276 g/mol. The molecule has 1 rings (SSSR count). The molecule has 4 heteroatoms. The van der Waals surface area contributed by atoms with E-state index in [-0.39, 0.29) is 40.0 Å². The van der Waals surface area contributed by atoms with Gasteiger partial charge in [-0.3, -0.25) is 0 Å². The number of rotatable bonds is 1. The normalized spacial score (nSPS) is 8.25. The molecule has 0 amide bonds. The van der Waals surface area contributed by atoms with Crippen LogP contribution >= 0.6 is 23.2 Å². The molecule has 12 heavy (non-hydrogen) atoms. The van der Waals surface area contributed by atoms with Crippen molar-refractivity contribution in [2.45, 2.75) is 6.42 Å². The molecular weight excluding hydrogens is 271 g/mol. The van der Waals surface area contributed by atoms with Crippen LogP contribution in [0.25, 0.3) is 0 Å². The third-order valence-electron chi connectivity index (χ3n) is 1.27. The van der Waals surface area contributed by atoms with E-state index in [0.29, 0.717) is 10.0 Å². The first-order valence-corrected chi connectivity index (χ1v) is 3.73. The molecule has 0 bridgehead atoms. The fourth-order valence-electron chi connectivity index (χ4n) is 0.695. The van der Waals surface area contributed by atoms with E-state index in [1.54, 1.807) is 6.07 Å². The molecule has 1 aromatic carbocycles. The SMILES string of the molecule is [Br-].[CH2-]Cc1ccc(Cl)c(Cl)c1.[Mg+2]. The van der Waals surface area contributed by atoms with Gasteiger partial charge >= 0.3 is 23.1 Å². The number of hydrogen-bond donors (Lipinski definition) is 0. The van der Waals surface area contributed by atoms with Gasteiger partial charge in [-0.25, -0.2) is 0 Å². The minimum atomic E-state index is 0. The van der Waals surface area contributed by atoms with Crippen LogP contribution in [0.5, 0.6) is 0 Å². The van der Waals surface area contributed by atoms with E-state index in [2.05, 4.69) is 6.92 Å². The van der Waals surface area contributed by atoms with Gasteiger partial charge < -0.3 is 23.9 Å². The fraction of sp³-hybridized carbons (Fsp3) is 0.125. The van der Waals surface area contributed by atoms with Crippen LogP contribution in [-0.4, -0.2) is 23.1 Å². The Bertz CT molecular complexity index is 240. The Morgan fingerprint density at radius 1 is 1.17 bits per heavy atom. The maximum absolute atomic E-state index is 5.73. The Morgan fingerprint density at radius 2 is 1.75 bits per heavy atom. The van der Waals surface area contributed by atoms with Crippen molar-refractivity contribution in [1.29, 1.82) is 0 Å². The second-order valence-electron chi connectivity index (χ2n) is 2.00. The molecule has 0 saturated heterocycles. The predicted octanol–water partition coefficient (Wildman–Crippen LogP) is -0.00681. The van der Waals surface area contributed by atoms with Crippen molar-refractivity contribution in [2.24, 2.45) is 0 Å². The second-order valence-corrected chi connectivity index (χ2v) is 2.81. The number of benzene rings is 1. The Hall–Kier alpha value is 1.05. The minimum absolute atomic E-state index is 0. The van der Waals surface area contributed by atoms with Crippen LogP contribution in [0.4, 0.5) is 0 Å². The van der Waals surface area contributed by atoms with Crippen LogP contribution in [0.15, 0.2) is 18.2 Å². The standard InChI is InChI=1S/C8H7Cl2.BrH.Mg/c1-2-6-3-4-7(9)8(10)5-6;;/h3-5H,1-2H2;1H;/q-1;;+2/p-1. The van der Waals surface area contributed by atoms with Crippen molar-refractivity contribution in [1.82, 2.24) is 0 Å². The minimum Gasteiger partial charge on any atom is -1.00 e. The number of halogens is 3. The largest absolute Gasteiger partial charge is 2.00 e. The van der Waals surface area contributed by atoms with Gasteiger partial charge in [-0.15, -0.1) is 0 Å². The summed E-state index contributed by atoms with van der Waals surface area (Å²) in [6, 6.07) is 5.53. The van der Waals surface area contributed by atoms with Crippen LogP contribution in [0, 0.1) is 6.92 Å². The van der Waals surface area contributed by atoms with Gasteiger partial charge in [-0.05, 0) is 12.1 Å². The molecule has 0 spiro atoms. The summed E-state index contributed by atoms with van der Waals surface area (Å²) in [6.07, 6.45) is 0.747. The smallest absolute Gasteiger partial charge is 1.00 e. The van der Waals surface area contributed by atoms with Crippen LogP contribution in [-0.2, 0) is 6.42 Å². The average Bonchev–Trinajstić information content (AvgIpc) is 1.95. The summed E-state index contributed by atoms with van der Waals surface area (Å²) in [6.45, 7) is 3.72. The van der Waals surface area contributed by atoms with Crippen molar-refractivity contribution < 1.29 is 17.0 Å². The van der Waals surface area contributed by atoms with Gasteiger partial charge in [0.1, 0.15) is 0 Å². The summed E-state index contributed by atoms with van der Waals surface area (Å²) >= 11 is 11.4. The van der Waals surface area contributed by atoms with Gasteiger partial charge in [0, 0.05) is 0 Å². The third kappa shape index (κ3) is 4.33. The van der Waals surface area contributed by atoms with E-state index < -0.39 is 0 Å². The molecule has 0 radical (unpaired) electrons. The summed E-state index contributed by atoms with van der Waals surface area (Å²) in [5.41, 5.74) is 1.11. The molecule has 0 aliphatic heterocycles. The molecule has 0 nitrogen and oxygen atoms in total. The van der Waals surface area contributed by atoms with Gasteiger partial charge in [0.05, 0.1) is 10.0 Å². The summed E-state index contributed by atoms with van der Waals surface area (Å²) in [7, 11) is 0. The molecule has 0 aromatic heterocycles. The van der Waals surface area contributed by atoms with E-state index in [0.717, 1.165) is 12.0 Å². The van der Waals surface area contributed by atoms with Gasteiger partial charge in [-0.2, -0.15) is 6.42 Å². The quantitative estimate of drug-likeness (QED) is 0.501. The van der Waals surface area contributed by atoms with Crippen LogP contribution < -0.4 is 17.0 Å². The van der Waals surface area contributed by atoms with E-state index in [1.165, 1.54) is 0 Å². The second kappa shape index (κ2) is 7.45. The molecule has 0 saturated carbocycles. The molecule has 0 aliphatic rings. The van der Waals surface area contributed by atoms with Crippen molar-refractivity contribution in [3.63, 3.8) is 0 Å². The van der Waals surface area contributed by atoms with Gasteiger partial charge in [0.15, 0.2) is 0 Å². The molecule has 62 valence electrons. The first-order chi connectivity index (χ1) is 4.74. The van der Waals surface area contributed by atoms with E-state index in [9.17, 15) is 0 Å². The summed E-state index contributed by atoms with van der Waals surface area (Å²) in [4.78, 5) is 0. The van der Waals surface area contributed by atoms with Gasteiger partial charge in [0.2, 0.25) is 0 Å². The summed E-state index contributed by atoms with van der Waals surface area (Å²) in [5.74, 6) is 0. The molecule has 0 N–H and O–H groups in total. The molecule has 0 heterocycles. The first-order valence-electron chi connectivity index (χ1n) is 2.97. The molecular formula is C8H7BrCl2Mg. The Kier molecular flexibility index (Phi) is 9.63. The molecule has 0 fully saturated rings. The zero-order valence-corrected chi connectivity index (χ0v) is 11.0. The molecule has 0 atom stereocenters. The van der Waals surface area contributed by atoms with Gasteiger partial charge in [0.25, 0.3) is 0 Å². The molecule has 1 aromatic rings. The van der Waals surface area contributed by atoms with Crippen LogP contribution in [0.2, 0.25) is 10.0 Å². The van der Waals surface area contributed by atoms with E-state index >= 15 is 0 Å². The Balaban J connectivity index is 0. The van der Waals surface area contributed by atoms with Crippen molar-refractivity contribution in [3.05, 3.63) is 40.7 Å². The van der Waals surface area contributed by atoms with Crippen LogP contribution in [0.1, 0.15) is 5.56 Å². The fourth-order valence-corrected chi connectivity index (χ4v) is 1.02. The topological polar surface area (TPSA) is 0 Å². The van der Waals surface area contributed by atoms with E-state index in [4.69, 9.17) is 23.2 Å². The van der Waals surface area contributed by atoms with Crippen molar-refractivity contribution in [2.75, 3.05) is 0 Å². The maximum Gasteiger partial charge on any atom is 2.00 e.